The minimum absolute atomic E-state index is 0.455. The molecule has 0 bridgehead atoms. The van der Waals surface area contributed by atoms with Crippen LogP contribution in [0.5, 0.6) is 0 Å². The maximum absolute atomic E-state index is 2.49. The zero-order valence-corrected chi connectivity index (χ0v) is 43.3. The van der Waals surface area contributed by atoms with E-state index in [0.717, 1.165) is 28.3 Å². The van der Waals surface area contributed by atoms with Crippen LogP contribution >= 0.6 is 0 Å². The molecule has 0 aliphatic heterocycles. The van der Waals surface area contributed by atoms with Crippen molar-refractivity contribution in [3.05, 3.63) is 326 Å². The van der Waals surface area contributed by atoms with Crippen LogP contribution in [0, 0.1) is 0 Å². The first-order valence-electron chi connectivity index (χ1n) is 27.4. The largest absolute Gasteiger partial charge is 0.310 e. The number of para-hydroxylation sites is 1. The molecule has 1 spiro atoms. The van der Waals surface area contributed by atoms with E-state index in [1.54, 1.807) is 0 Å². The predicted molar refractivity (Wildman–Crippen MR) is 331 cm³/mol. The predicted octanol–water partition coefficient (Wildman–Crippen LogP) is 20.4. The number of nitrogens with zero attached hydrogens (tertiary/aromatic N) is 2. The average molecular weight is 1000 g/mol. The molecule has 0 saturated carbocycles. The third kappa shape index (κ3) is 7.05. The fraction of sp³-hybridized carbons (Fsp3) is 0.0130. The van der Waals surface area contributed by atoms with E-state index in [2.05, 4.69) is 313 Å². The molecule has 13 aromatic carbocycles. The van der Waals surface area contributed by atoms with Crippen LogP contribution < -0.4 is 4.90 Å². The summed E-state index contributed by atoms with van der Waals surface area (Å²) in [6, 6.07) is 112. The number of rotatable bonds is 8. The van der Waals surface area contributed by atoms with Crippen LogP contribution in [0.3, 0.4) is 0 Å². The molecular formula is C77H50N2. The van der Waals surface area contributed by atoms with Gasteiger partial charge in [-0.2, -0.15) is 0 Å². The second kappa shape index (κ2) is 17.9. The molecule has 368 valence electrons. The summed E-state index contributed by atoms with van der Waals surface area (Å²) < 4.78 is 2.40. The van der Waals surface area contributed by atoms with Crippen molar-refractivity contribution in [2.24, 2.45) is 0 Å². The van der Waals surface area contributed by atoms with Gasteiger partial charge in [0.05, 0.1) is 16.4 Å². The normalized spacial score (nSPS) is 12.7. The molecule has 0 atom stereocenters. The van der Waals surface area contributed by atoms with E-state index < -0.39 is 5.41 Å². The van der Waals surface area contributed by atoms with Gasteiger partial charge in [-0.1, -0.05) is 224 Å². The summed E-state index contributed by atoms with van der Waals surface area (Å²) in [6.45, 7) is 0. The second-order valence-corrected chi connectivity index (χ2v) is 21.2. The van der Waals surface area contributed by atoms with Crippen molar-refractivity contribution < 1.29 is 0 Å². The Labute approximate surface area is 460 Å². The SMILES string of the molecule is c1ccc(-c2ccc(-n3c4ccccc4c4cc(-c5cccc(-c6ccc(N(c7ccc8c(c7)C7(c9ccccc9-c9ccccc97)c7ccccc7-8)c7ccc8cc(-c9ccccc9)ccc8c7)cc6)c5)ccc43)cc2)cc1. The minimum atomic E-state index is -0.455. The summed E-state index contributed by atoms with van der Waals surface area (Å²) in [6.07, 6.45) is 0. The highest BCUT2D eigenvalue weighted by Gasteiger charge is 2.51. The van der Waals surface area contributed by atoms with Gasteiger partial charge >= 0.3 is 0 Å². The van der Waals surface area contributed by atoms with Crippen LogP contribution in [0.15, 0.2) is 303 Å². The highest BCUT2D eigenvalue weighted by atomic mass is 15.1. The molecule has 16 rings (SSSR count). The zero-order chi connectivity index (χ0) is 52.0. The fourth-order valence-electron chi connectivity index (χ4n) is 13.4. The van der Waals surface area contributed by atoms with Crippen LogP contribution in [0.1, 0.15) is 22.3 Å². The third-order valence-electron chi connectivity index (χ3n) is 17.0. The van der Waals surface area contributed by atoms with Gasteiger partial charge in [0, 0.05) is 33.5 Å². The molecule has 79 heavy (non-hydrogen) atoms. The van der Waals surface area contributed by atoms with Gasteiger partial charge in [-0.15, -0.1) is 0 Å². The summed E-state index contributed by atoms with van der Waals surface area (Å²) >= 11 is 0. The van der Waals surface area contributed by atoms with Crippen molar-refractivity contribution >= 4 is 49.6 Å². The van der Waals surface area contributed by atoms with Gasteiger partial charge in [-0.05, 0) is 179 Å². The number of hydrogen-bond acceptors (Lipinski definition) is 1. The molecule has 2 heteroatoms. The zero-order valence-electron chi connectivity index (χ0n) is 43.3. The van der Waals surface area contributed by atoms with Crippen molar-refractivity contribution in [2.75, 3.05) is 4.90 Å². The molecule has 2 nitrogen and oxygen atoms in total. The van der Waals surface area contributed by atoms with Gasteiger partial charge in [0.2, 0.25) is 0 Å². The first-order valence-corrected chi connectivity index (χ1v) is 27.4. The lowest BCUT2D eigenvalue weighted by molar-refractivity contribution is 0.793. The molecule has 14 aromatic rings. The maximum atomic E-state index is 2.49. The van der Waals surface area contributed by atoms with E-state index in [-0.39, 0.29) is 0 Å². The Morgan fingerprint density at radius 3 is 1.37 bits per heavy atom. The Morgan fingerprint density at radius 2 is 0.671 bits per heavy atom. The topological polar surface area (TPSA) is 8.17 Å². The molecule has 0 radical (unpaired) electrons. The van der Waals surface area contributed by atoms with Gasteiger partial charge in [0.1, 0.15) is 0 Å². The monoisotopic (exact) mass is 1000 g/mol. The molecule has 0 amide bonds. The van der Waals surface area contributed by atoms with Crippen LogP contribution in [-0.4, -0.2) is 4.57 Å². The molecule has 2 aliphatic carbocycles. The molecular weight excluding hydrogens is 953 g/mol. The minimum Gasteiger partial charge on any atom is -0.310 e. The van der Waals surface area contributed by atoms with Gasteiger partial charge in [0.25, 0.3) is 0 Å². The van der Waals surface area contributed by atoms with E-state index in [9.17, 15) is 0 Å². The highest BCUT2D eigenvalue weighted by molar-refractivity contribution is 6.10. The number of aromatic nitrogens is 1. The lowest BCUT2D eigenvalue weighted by atomic mass is 9.70. The van der Waals surface area contributed by atoms with E-state index in [0.29, 0.717) is 0 Å². The summed E-state index contributed by atoms with van der Waals surface area (Å²) in [5.41, 5.74) is 26.5. The number of anilines is 3. The van der Waals surface area contributed by atoms with E-state index >= 15 is 0 Å². The van der Waals surface area contributed by atoms with Crippen LogP contribution in [0.25, 0.3) is 105 Å². The summed E-state index contributed by atoms with van der Waals surface area (Å²) in [7, 11) is 0. The first-order chi connectivity index (χ1) is 39.2. The Hall–Kier alpha value is -10.3. The third-order valence-corrected chi connectivity index (χ3v) is 17.0. The highest BCUT2D eigenvalue weighted by Crippen LogP contribution is 2.63. The van der Waals surface area contributed by atoms with E-state index in [4.69, 9.17) is 0 Å². The maximum Gasteiger partial charge on any atom is 0.0726 e. The van der Waals surface area contributed by atoms with Gasteiger partial charge in [-0.3, -0.25) is 0 Å². The van der Waals surface area contributed by atoms with E-state index in [1.807, 2.05) is 0 Å². The Kier molecular flexibility index (Phi) is 10.2. The summed E-state index contributed by atoms with van der Waals surface area (Å²) in [5, 5.41) is 4.89. The van der Waals surface area contributed by atoms with Crippen molar-refractivity contribution in [1.29, 1.82) is 0 Å². The number of benzene rings is 13. The van der Waals surface area contributed by atoms with Crippen molar-refractivity contribution in [3.63, 3.8) is 0 Å². The van der Waals surface area contributed by atoms with Crippen LogP contribution in [-0.2, 0) is 5.41 Å². The number of hydrogen-bond donors (Lipinski definition) is 0. The molecule has 1 heterocycles. The molecule has 0 fully saturated rings. The molecule has 0 N–H and O–H groups in total. The van der Waals surface area contributed by atoms with E-state index in [1.165, 1.54) is 116 Å². The molecule has 0 unspecified atom stereocenters. The molecule has 1 aromatic heterocycles. The quantitative estimate of drug-likeness (QED) is 0.147. The Bertz CT molecular complexity index is 4640. The van der Waals surface area contributed by atoms with Gasteiger partial charge < -0.3 is 9.47 Å². The van der Waals surface area contributed by atoms with Crippen molar-refractivity contribution in [3.8, 4) is 72.4 Å². The fourth-order valence-corrected chi connectivity index (χ4v) is 13.4. The van der Waals surface area contributed by atoms with Gasteiger partial charge in [-0.25, -0.2) is 0 Å². The molecule has 2 aliphatic rings. The van der Waals surface area contributed by atoms with Crippen molar-refractivity contribution in [1.82, 2.24) is 4.57 Å². The number of fused-ring (bicyclic) bond motifs is 14. The smallest absolute Gasteiger partial charge is 0.0726 e. The Morgan fingerprint density at radius 1 is 0.241 bits per heavy atom. The Balaban J connectivity index is 0.795. The lowest BCUT2D eigenvalue weighted by Gasteiger charge is -2.32. The van der Waals surface area contributed by atoms with Crippen LogP contribution in [0.2, 0.25) is 0 Å². The molecule has 0 saturated heterocycles. The second-order valence-electron chi connectivity index (χ2n) is 21.2. The average Bonchev–Trinajstić information content (AvgIpc) is 4.26. The van der Waals surface area contributed by atoms with Crippen molar-refractivity contribution in [2.45, 2.75) is 5.41 Å². The summed E-state index contributed by atoms with van der Waals surface area (Å²) in [5.74, 6) is 0. The first kappa shape index (κ1) is 45.0. The standard InChI is InChI=1S/C77H50N2/c1-3-16-51(17-4-1)53-32-40-62(41-33-53)79-75-29-14-10-25-69(75)70-49-60(37-45-76(70)79)56-21-15-20-55(46-56)54-34-38-61(39-35-54)78(63-42-36-58-47-57(30-31-59(58)48-63)52-18-5-2-6-19-52)64-43-44-68-67-24-9-13-28-73(67)77(74(68)50-64)71-26-11-7-22-65(71)66-23-8-12-27-72(66)77/h1-50H. The van der Waals surface area contributed by atoms with Gasteiger partial charge in [0.15, 0.2) is 0 Å². The van der Waals surface area contributed by atoms with Crippen LogP contribution in [0.4, 0.5) is 17.1 Å². The summed E-state index contributed by atoms with van der Waals surface area (Å²) in [4.78, 5) is 2.46. The lowest BCUT2D eigenvalue weighted by Crippen LogP contribution is -2.26.